The number of nitriles is 1. The van der Waals surface area contributed by atoms with Gasteiger partial charge in [-0.3, -0.25) is 9.59 Å². The molecule has 0 aromatic heterocycles. The zero-order chi connectivity index (χ0) is 16.8. The van der Waals surface area contributed by atoms with Crippen molar-refractivity contribution in [2.24, 2.45) is 5.73 Å². The average molecular weight is 309 g/mol. The summed E-state index contributed by atoms with van der Waals surface area (Å²) in [6, 6.07) is 14.1. The molecule has 0 aliphatic carbocycles. The zero-order valence-corrected chi connectivity index (χ0v) is 12.4. The van der Waals surface area contributed by atoms with Gasteiger partial charge in [0.2, 0.25) is 5.91 Å². The molecule has 0 saturated heterocycles. The number of amides is 2. The highest BCUT2D eigenvalue weighted by atomic mass is 16.5. The molecule has 3 N–H and O–H groups in total. The first kappa shape index (κ1) is 16.0. The van der Waals surface area contributed by atoms with Gasteiger partial charge in [-0.15, -0.1) is 0 Å². The average Bonchev–Trinajstić information content (AvgIpc) is 2.59. The van der Waals surface area contributed by atoms with Crippen LogP contribution in [0, 0.1) is 11.3 Å². The summed E-state index contributed by atoms with van der Waals surface area (Å²) in [4.78, 5) is 23.5. The predicted octanol–water partition coefficient (Wildman–Crippen LogP) is 1.79. The molecule has 2 amide bonds. The van der Waals surface area contributed by atoms with E-state index in [4.69, 9.17) is 10.5 Å². The van der Waals surface area contributed by atoms with Gasteiger partial charge in [-0.05, 0) is 24.3 Å². The summed E-state index contributed by atoms with van der Waals surface area (Å²) in [7, 11) is 1.49. The maximum atomic E-state index is 12.3. The van der Waals surface area contributed by atoms with Gasteiger partial charge in [0.05, 0.1) is 13.2 Å². The Morgan fingerprint density at radius 3 is 2.52 bits per heavy atom. The maximum absolute atomic E-state index is 12.3. The molecule has 0 saturated carbocycles. The van der Waals surface area contributed by atoms with Gasteiger partial charge in [0.1, 0.15) is 11.8 Å². The van der Waals surface area contributed by atoms with Gasteiger partial charge in [0.25, 0.3) is 5.91 Å². The highest BCUT2D eigenvalue weighted by Gasteiger charge is 2.19. The smallest absolute Gasteiger partial charge is 0.252 e. The van der Waals surface area contributed by atoms with Crippen LogP contribution >= 0.6 is 0 Å². The molecule has 1 atom stereocenters. The number of carbonyl (C=O) groups is 2. The van der Waals surface area contributed by atoms with E-state index in [1.165, 1.54) is 19.2 Å². The Bertz CT molecular complexity index is 781. The van der Waals surface area contributed by atoms with Crippen molar-refractivity contribution in [3.8, 4) is 11.8 Å². The van der Waals surface area contributed by atoms with E-state index in [1.54, 1.807) is 36.4 Å². The van der Waals surface area contributed by atoms with Crippen LogP contribution in [-0.2, 0) is 0 Å². The Balaban J connectivity index is 2.26. The number of ether oxygens (including phenoxy) is 1. The number of para-hydroxylation sites is 1. The van der Waals surface area contributed by atoms with Crippen molar-refractivity contribution in [3.63, 3.8) is 0 Å². The molecule has 2 aromatic rings. The molecule has 0 aliphatic rings. The van der Waals surface area contributed by atoms with Crippen molar-refractivity contribution < 1.29 is 14.3 Å². The minimum atomic E-state index is -0.879. The van der Waals surface area contributed by atoms with Crippen LogP contribution in [0.15, 0.2) is 48.5 Å². The Labute approximate surface area is 133 Å². The highest BCUT2D eigenvalue weighted by Crippen LogP contribution is 2.24. The first-order valence-corrected chi connectivity index (χ1v) is 6.80. The summed E-state index contributed by atoms with van der Waals surface area (Å²) in [5, 5.41) is 12.0. The summed E-state index contributed by atoms with van der Waals surface area (Å²) < 4.78 is 5.20. The van der Waals surface area contributed by atoms with Crippen LogP contribution in [0.2, 0.25) is 0 Å². The summed E-state index contributed by atoms with van der Waals surface area (Å²) in [6.45, 7) is 0. The van der Waals surface area contributed by atoms with Crippen LogP contribution in [0.3, 0.4) is 0 Å². The number of hydrogen-bond acceptors (Lipinski definition) is 4. The third-order valence-corrected chi connectivity index (χ3v) is 3.26. The van der Waals surface area contributed by atoms with E-state index >= 15 is 0 Å². The van der Waals surface area contributed by atoms with E-state index in [0.29, 0.717) is 11.3 Å². The normalized spacial score (nSPS) is 11.1. The van der Waals surface area contributed by atoms with E-state index in [0.717, 1.165) is 0 Å². The Morgan fingerprint density at radius 2 is 1.87 bits per heavy atom. The molecule has 0 aliphatic heterocycles. The second kappa shape index (κ2) is 7.09. The number of hydrogen-bond donors (Lipinski definition) is 2. The number of benzene rings is 2. The lowest BCUT2D eigenvalue weighted by atomic mass is 10.1. The number of carbonyl (C=O) groups excluding carboxylic acids is 2. The lowest BCUT2D eigenvalue weighted by Crippen LogP contribution is -2.28. The van der Waals surface area contributed by atoms with Crippen LogP contribution in [0.1, 0.15) is 32.3 Å². The highest BCUT2D eigenvalue weighted by molar-refractivity contribution is 5.99. The molecule has 2 rings (SSSR count). The van der Waals surface area contributed by atoms with E-state index in [9.17, 15) is 14.9 Å². The lowest BCUT2D eigenvalue weighted by molar-refractivity contribution is 0.0945. The Hall–Kier alpha value is -3.33. The van der Waals surface area contributed by atoms with Crippen LogP contribution < -0.4 is 15.8 Å². The zero-order valence-electron chi connectivity index (χ0n) is 12.4. The fraction of sp³-hybridized carbons (Fsp3) is 0.118. The molecular formula is C17H15N3O3. The molecule has 6 heteroatoms. The van der Waals surface area contributed by atoms with Crippen molar-refractivity contribution in [2.75, 3.05) is 7.11 Å². The van der Waals surface area contributed by atoms with Gasteiger partial charge in [0.15, 0.2) is 0 Å². The van der Waals surface area contributed by atoms with E-state index in [1.807, 2.05) is 6.07 Å². The topological polar surface area (TPSA) is 105 Å². The summed E-state index contributed by atoms with van der Waals surface area (Å²) in [5.41, 5.74) is 6.22. The number of primary amides is 1. The number of nitrogens with one attached hydrogen (secondary N) is 1. The molecule has 0 spiro atoms. The van der Waals surface area contributed by atoms with Crippen molar-refractivity contribution in [1.82, 2.24) is 5.32 Å². The van der Waals surface area contributed by atoms with Crippen LogP contribution in [0.5, 0.6) is 5.75 Å². The number of rotatable bonds is 5. The minimum Gasteiger partial charge on any atom is -0.496 e. The molecule has 23 heavy (non-hydrogen) atoms. The third kappa shape index (κ3) is 3.66. The molecule has 0 fully saturated rings. The monoisotopic (exact) mass is 309 g/mol. The molecule has 0 heterocycles. The van der Waals surface area contributed by atoms with Gasteiger partial charge in [-0.1, -0.05) is 24.3 Å². The molecule has 1 unspecified atom stereocenters. The van der Waals surface area contributed by atoms with E-state index in [2.05, 4.69) is 5.32 Å². The molecule has 0 radical (unpaired) electrons. The summed E-state index contributed by atoms with van der Waals surface area (Å²) in [5.74, 6) is -0.600. The molecule has 2 aromatic carbocycles. The van der Waals surface area contributed by atoms with Crippen molar-refractivity contribution in [3.05, 3.63) is 65.2 Å². The SMILES string of the molecule is COc1ccccc1C(C#N)NC(=O)c1cccc(C(N)=O)c1. The van der Waals surface area contributed by atoms with Gasteiger partial charge in [0, 0.05) is 16.7 Å². The standard InChI is InChI=1S/C17H15N3O3/c1-23-15-8-3-2-7-13(15)14(10-18)20-17(22)12-6-4-5-11(9-12)16(19)21/h2-9,14H,1H3,(H2,19,21)(H,20,22). The van der Waals surface area contributed by atoms with Crippen molar-refractivity contribution in [2.45, 2.75) is 6.04 Å². The summed E-state index contributed by atoms with van der Waals surface area (Å²) >= 11 is 0. The molecule has 116 valence electrons. The fourth-order valence-corrected chi connectivity index (χ4v) is 2.11. The number of nitrogens with two attached hydrogens (primary N) is 1. The third-order valence-electron chi connectivity index (χ3n) is 3.26. The van der Waals surface area contributed by atoms with Gasteiger partial charge in [-0.2, -0.15) is 5.26 Å². The van der Waals surface area contributed by atoms with Gasteiger partial charge < -0.3 is 15.8 Å². The van der Waals surface area contributed by atoms with Crippen molar-refractivity contribution in [1.29, 1.82) is 5.26 Å². The quantitative estimate of drug-likeness (QED) is 0.878. The minimum absolute atomic E-state index is 0.225. The number of methoxy groups -OCH3 is 1. The Morgan fingerprint density at radius 1 is 1.17 bits per heavy atom. The number of nitrogens with zero attached hydrogens (tertiary/aromatic N) is 1. The second-order valence-corrected chi connectivity index (χ2v) is 4.72. The first-order valence-electron chi connectivity index (χ1n) is 6.80. The second-order valence-electron chi connectivity index (χ2n) is 4.72. The van der Waals surface area contributed by atoms with E-state index < -0.39 is 17.9 Å². The van der Waals surface area contributed by atoms with Crippen molar-refractivity contribution >= 4 is 11.8 Å². The largest absolute Gasteiger partial charge is 0.496 e. The van der Waals surface area contributed by atoms with Gasteiger partial charge in [-0.25, -0.2) is 0 Å². The predicted molar refractivity (Wildman–Crippen MR) is 83.8 cm³/mol. The molecular weight excluding hydrogens is 294 g/mol. The maximum Gasteiger partial charge on any atom is 0.252 e. The van der Waals surface area contributed by atoms with Gasteiger partial charge >= 0.3 is 0 Å². The lowest BCUT2D eigenvalue weighted by Gasteiger charge is -2.15. The van der Waals surface area contributed by atoms with E-state index in [-0.39, 0.29) is 11.1 Å². The summed E-state index contributed by atoms with van der Waals surface area (Å²) in [6.07, 6.45) is 0. The Kier molecular flexibility index (Phi) is 4.95. The molecule has 0 bridgehead atoms. The van der Waals surface area contributed by atoms with Crippen LogP contribution in [0.25, 0.3) is 0 Å². The first-order chi connectivity index (χ1) is 11.1. The fourth-order valence-electron chi connectivity index (χ4n) is 2.11. The van der Waals surface area contributed by atoms with Crippen LogP contribution in [0.4, 0.5) is 0 Å². The van der Waals surface area contributed by atoms with Crippen LogP contribution in [-0.4, -0.2) is 18.9 Å². The molecule has 6 nitrogen and oxygen atoms in total.